The van der Waals surface area contributed by atoms with Gasteiger partial charge in [0.2, 0.25) is 0 Å². The van der Waals surface area contributed by atoms with E-state index in [4.69, 9.17) is 4.74 Å². The maximum Gasteiger partial charge on any atom is 0.0707 e. The molecule has 0 aromatic rings. The van der Waals surface area contributed by atoms with Crippen LogP contribution in [0.15, 0.2) is 0 Å². The van der Waals surface area contributed by atoms with Crippen LogP contribution in [0.25, 0.3) is 0 Å². The highest BCUT2D eigenvalue weighted by Gasteiger charge is 2.30. The summed E-state index contributed by atoms with van der Waals surface area (Å²) in [5.74, 6) is 0. The largest absolute Gasteiger partial charge is 0.391 e. The van der Waals surface area contributed by atoms with Crippen molar-refractivity contribution in [3.8, 4) is 0 Å². The van der Waals surface area contributed by atoms with Crippen molar-refractivity contribution in [1.29, 1.82) is 0 Å². The molecule has 0 aromatic heterocycles. The molecule has 1 saturated heterocycles. The average molecular weight is 172 g/mol. The summed E-state index contributed by atoms with van der Waals surface area (Å²) in [6.45, 7) is 3.47. The van der Waals surface area contributed by atoms with Gasteiger partial charge in [-0.2, -0.15) is 0 Å². The van der Waals surface area contributed by atoms with Gasteiger partial charge >= 0.3 is 0 Å². The summed E-state index contributed by atoms with van der Waals surface area (Å²) in [6.07, 6.45) is 1.91. The van der Waals surface area contributed by atoms with Gasteiger partial charge in [-0.15, -0.1) is 0 Å². The van der Waals surface area contributed by atoms with E-state index in [9.17, 15) is 5.11 Å². The number of aliphatic hydroxyl groups excluding tert-OH is 1. The number of hydrogen-bond acceptors (Lipinski definition) is 4. The Morgan fingerprint density at radius 3 is 2.50 bits per heavy atom. The zero-order chi connectivity index (χ0) is 8.39. The summed E-state index contributed by atoms with van der Waals surface area (Å²) in [6, 6.07) is 0.295. The molecule has 4 nitrogen and oxygen atoms in total. The minimum absolute atomic E-state index is 0.132. The Morgan fingerprint density at radius 1 is 1.25 bits per heavy atom. The molecule has 2 aliphatic rings. The van der Waals surface area contributed by atoms with Crippen molar-refractivity contribution in [2.24, 2.45) is 0 Å². The van der Waals surface area contributed by atoms with Crippen molar-refractivity contribution >= 4 is 0 Å². The number of ether oxygens (including phenoxy) is 1. The van der Waals surface area contributed by atoms with Crippen LogP contribution in [0.5, 0.6) is 0 Å². The van der Waals surface area contributed by atoms with E-state index in [0.717, 1.165) is 39.1 Å². The number of hydrogen-bond donors (Lipinski definition) is 2. The van der Waals surface area contributed by atoms with Crippen LogP contribution in [0, 0.1) is 0 Å². The smallest absolute Gasteiger partial charge is 0.0707 e. The molecule has 1 heterocycles. The predicted molar refractivity (Wildman–Crippen MR) is 44.6 cm³/mol. The summed E-state index contributed by atoms with van der Waals surface area (Å²) in [5, 5.41) is 11.5. The Labute approximate surface area is 72.5 Å². The SMILES string of the molecule is O[C@@H]1CC[C@H]1NN1CCOCC1. The summed E-state index contributed by atoms with van der Waals surface area (Å²) in [4.78, 5) is 0. The van der Waals surface area contributed by atoms with Crippen LogP contribution in [0.3, 0.4) is 0 Å². The van der Waals surface area contributed by atoms with E-state index in [2.05, 4.69) is 10.4 Å². The lowest BCUT2D eigenvalue weighted by atomic mass is 9.90. The third-order valence-corrected chi connectivity index (χ3v) is 2.60. The number of nitrogens with one attached hydrogen (secondary N) is 1. The van der Waals surface area contributed by atoms with E-state index in [1.165, 1.54) is 0 Å². The second-order valence-corrected chi connectivity index (χ2v) is 3.48. The van der Waals surface area contributed by atoms with Gasteiger partial charge in [-0.1, -0.05) is 0 Å². The van der Waals surface area contributed by atoms with E-state index in [-0.39, 0.29) is 6.10 Å². The van der Waals surface area contributed by atoms with E-state index in [1.54, 1.807) is 0 Å². The van der Waals surface area contributed by atoms with Gasteiger partial charge in [0.25, 0.3) is 0 Å². The van der Waals surface area contributed by atoms with Gasteiger partial charge in [0, 0.05) is 19.1 Å². The van der Waals surface area contributed by atoms with E-state index in [0.29, 0.717) is 6.04 Å². The molecule has 0 radical (unpaired) electrons. The highest BCUT2D eigenvalue weighted by atomic mass is 16.5. The first-order chi connectivity index (χ1) is 5.86. The van der Waals surface area contributed by atoms with Crippen molar-refractivity contribution in [1.82, 2.24) is 10.4 Å². The highest BCUT2D eigenvalue weighted by molar-refractivity contribution is 4.85. The first kappa shape index (κ1) is 8.44. The summed E-state index contributed by atoms with van der Waals surface area (Å²) in [7, 11) is 0. The standard InChI is InChI=1S/C8H16N2O2/c11-8-2-1-7(8)9-10-3-5-12-6-4-10/h7-9,11H,1-6H2/t7-,8-/m1/s1. The molecular weight excluding hydrogens is 156 g/mol. The minimum atomic E-state index is -0.132. The van der Waals surface area contributed by atoms with Gasteiger partial charge in [-0.05, 0) is 12.8 Å². The van der Waals surface area contributed by atoms with Crippen LogP contribution in [-0.4, -0.2) is 48.6 Å². The molecule has 0 unspecified atom stereocenters. The van der Waals surface area contributed by atoms with Gasteiger partial charge in [0.15, 0.2) is 0 Å². The fourth-order valence-corrected chi connectivity index (χ4v) is 1.56. The molecule has 1 aliphatic carbocycles. The minimum Gasteiger partial charge on any atom is -0.391 e. The molecule has 1 aliphatic heterocycles. The number of aliphatic hydroxyl groups is 1. The molecule has 2 atom stereocenters. The van der Waals surface area contributed by atoms with Crippen molar-refractivity contribution in [3.63, 3.8) is 0 Å². The molecule has 2 N–H and O–H groups in total. The number of nitrogens with zero attached hydrogens (tertiary/aromatic N) is 1. The molecule has 70 valence electrons. The summed E-state index contributed by atoms with van der Waals surface area (Å²) < 4.78 is 5.22. The van der Waals surface area contributed by atoms with Gasteiger partial charge in [0.1, 0.15) is 0 Å². The molecule has 12 heavy (non-hydrogen) atoms. The van der Waals surface area contributed by atoms with Crippen LogP contribution in [0.4, 0.5) is 0 Å². The molecular formula is C8H16N2O2. The van der Waals surface area contributed by atoms with Gasteiger partial charge in [-0.3, -0.25) is 0 Å². The Hall–Kier alpha value is -0.160. The van der Waals surface area contributed by atoms with E-state index in [1.807, 2.05) is 0 Å². The molecule has 4 heteroatoms. The zero-order valence-corrected chi connectivity index (χ0v) is 7.20. The third-order valence-electron chi connectivity index (χ3n) is 2.60. The summed E-state index contributed by atoms with van der Waals surface area (Å²) in [5.41, 5.74) is 3.31. The molecule has 1 saturated carbocycles. The Kier molecular flexibility index (Phi) is 2.60. The lowest BCUT2D eigenvalue weighted by molar-refractivity contribution is -0.0390. The number of hydrazine groups is 1. The van der Waals surface area contributed by atoms with Crippen LogP contribution in [-0.2, 0) is 4.74 Å². The zero-order valence-electron chi connectivity index (χ0n) is 7.20. The van der Waals surface area contributed by atoms with Crippen LogP contribution in [0.1, 0.15) is 12.8 Å². The Morgan fingerprint density at radius 2 is 2.00 bits per heavy atom. The fourth-order valence-electron chi connectivity index (χ4n) is 1.56. The quantitative estimate of drug-likeness (QED) is 0.581. The monoisotopic (exact) mass is 172 g/mol. The van der Waals surface area contributed by atoms with Crippen molar-refractivity contribution < 1.29 is 9.84 Å². The van der Waals surface area contributed by atoms with Crippen LogP contribution < -0.4 is 5.43 Å². The summed E-state index contributed by atoms with van der Waals surface area (Å²) >= 11 is 0. The maximum atomic E-state index is 9.32. The molecule has 0 bridgehead atoms. The van der Waals surface area contributed by atoms with Crippen molar-refractivity contribution in [2.45, 2.75) is 25.0 Å². The fraction of sp³-hybridized carbons (Fsp3) is 1.00. The van der Waals surface area contributed by atoms with Gasteiger partial charge in [-0.25, -0.2) is 10.4 Å². The highest BCUT2D eigenvalue weighted by Crippen LogP contribution is 2.19. The normalized spacial score (nSPS) is 37.8. The second kappa shape index (κ2) is 3.70. The van der Waals surface area contributed by atoms with Gasteiger partial charge in [0.05, 0.1) is 19.3 Å². The van der Waals surface area contributed by atoms with Crippen molar-refractivity contribution in [2.75, 3.05) is 26.3 Å². The average Bonchev–Trinajstić information content (AvgIpc) is 2.14. The lowest BCUT2D eigenvalue weighted by Gasteiger charge is -2.39. The first-order valence-electron chi connectivity index (χ1n) is 4.63. The number of morpholine rings is 1. The topological polar surface area (TPSA) is 44.7 Å². The molecule has 0 amide bonds. The molecule has 0 spiro atoms. The lowest BCUT2D eigenvalue weighted by Crippen LogP contribution is -2.57. The Balaban J connectivity index is 1.70. The van der Waals surface area contributed by atoms with E-state index >= 15 is 0 Å². The molecule has 2 rings (SSSR count). The van der Waals surface area contributed by atoms with Crippen molar-refractivity contribution in [3.05, 3.63) is 0 Å². The number of rotatable bonds is 2. The first-order valence-corrected chi connectivity index (χ1v) is 4.63. The van der Waals surface area contributed by atoms with Gasteiger partial charge < -0.3 is 9.84 Å². The van der Waals surface area contributed by atoms with E-state index < -0.39 is 0 Å². The van der Waals surface area contributed by atoms with Crippen LogP contribution >= 0.6 is 0 Å². The third kappa shape index (κ3) is 1.77. The maximum absolute atomic E-state index is 9.32. The van der Waals surface area contributed by atoms with Crippen LogP contribution in [0.2, 0.25) is 0 Å². The predicted octanol–water partition coefficient (Wildman–Crippen LogP) is -0.653. The Bertz CT molecular complexity index is 148. The molecule has 0 aromatic carbocycles. The second-order valence-electron chi connectivity index (χ2n) is 3.48. The molecule has 2 fully saturated rings.